The molecule has 0 amide bonds. The summed E-state index contributed by atoms with van der Waals surface area (Å²) in [6, 6.07) is 44.9. The molecule has 2 atom stereocenters. The number of aromatic amines is 2. The lowest BCUT2D eigenvalue weighted by atomic mass is 9.93. The van der Waals surface area contributed by atoms with Crippen molar-refractivity contribution in [1.29, 1.82) is 0 Å². The second-order valence-corrected chi connectivity index (χ2v) is 18.4. The summed E-state index contributed by atoms with van der Waals surface area (Å²) in [4.78, 5) is 10.6. The lowest BCUT2D eigenvalue weighted by molar-refractivity contribution is 0.916. The number of nitrogens with one attached hydrogen (secondary N) is 2. The SMILES string of the molecule is S=P1(c2ccccc2)C2=C3CCCC3=C1Cc1ccc([nH]1)C(c1ccccc1)c1ccc(s1)C(c1ccccc1)c1ccc([nH]1)C2. The molecule has 1 fully saturated rings. The lowest BCUT2D eigenvalue weighted by Gasteiger charge is -2.26. The molecular weight excluding hydrogens is 616 g/mol. The maximum atomic E-state index is 7.03. The highest BCUT2D eigenvalue weighted by Crippen LogP contribution is 2.71. The van der Waals surface area contributed by atoms with Gasteiger partial charge in [-0.15, -0.1) is 11.3 Å². The number of rotatable bonds is 3. The van der Waals surface area contributed by atoms with Gasteiger partial charge in [0.2, 0.25) is 0 Å². The number of H-pyrrole nitrogens is 2. The topological polar surface area (TPSA) is 31.6 Å². The average Bonchev–Trinajstić information content (AvgIpc) is 3.94. The Morgan fingerprint density at radius 1 is 0.543 bits per heavy atom. The summed E-state index contributed by atoms with van der Waals surface area (Å²) < 4.78 is 0. The first-order valence-electron chi connectivity index (χ1n) is 16.3. The number of allylic oxidation sites excluding steroid dienone is 4. The molecule has 2 aliphatic heterocycles. The molecule has 2 nitrogen and oxygen atoms in total. The van der Waals surface area contributed by atoms with E-state index in [1.165, 1.54) is 66.0 Å². The van der Waals surface area contributed by atoms with Crippen LogP contribution in [0.4, 0.5) is 0 Å². The molecule has 226 valence electrons. The molecule has 1 saturated carbocycles. The third-order valence-electron chi connectivity index (χ3n) is 10.2. The van der Waals surface area contributed by atoms with E-state index in [4.69, 9.17) is 11.8 Å². The largest absolute Gasteiger partial charge is 0.361 e. The van der Waals surface area contributed by atoms with Crippen molar-refractivity contribution in [3.05, 3.63) is 193 Å². The average molecular weight is 651 g/mol. The molecule has 8 bridgehead atoms. The second-order valence-electron chi connectivity index (χ2n) is 12.8. The van der Waals surface area contributed by atoms with Crippen LogP contribution in [-0.4, -0.2) is 9.97 Å². The minimum absolute atomic E-state index is 0.131. The van der Waals surface area contributed by atoms with E-state index >= 15 is 0 Å². The molecule has 0 saturated heterocycles. The third-order valence-corrected chi connectivity index (χ3v) is 16.7. The van der Waals surface area contributed by atoms with Crippen molar-refractivity contribution in [1.82, 2.24) is 9.97 Å². The van der Waals surface area contributed by atoms with Gasteiger partial charge in [0.1, 0.15) is 0 Å². The third kappa shape index (κ3) is 4.61. The molecule has 46 heavy (non-hydrogen) atoms. The van der Waals surface area contributed by atoms with Crippen molar-refractivity contribution in [2.24, 2.45) is 0 Å². The predicted molar refractivity (Wildman–Crippen MR) is 196 cm³/mol. The van der Waals surface area contributed by atoms with E-state index in [0.717, 1.165) is 25.7 Å². The maximum Gasteiger partial charge on any atom is 0.0584 e. The van der Waals surface area contributed by atoms with Gasteiger partial charge < -0.3 is 9.97 Å². The molecule has 1 aliphatic carbocycles. The van der Waals surface area contributed by atoms with Crippen LogP contribution in [-0.2, 0) is 24.6 Å². The molecule has 0 spiro atoms. The van der Waals surface area contributed by atoms with Gasteiger partial charge in [0.05, 0.1) is 11.8 Å². The zero-order valence-electron chi connectivity index (χ0n) is 25.6. The highest BCUT2D eigenvalue weighted by atomic mass is 32.4. The van der Waals surface area contributed by atoms with E-state index in [0.29, 0.717) is 0 Å². The van der Waals surface area contributed by atoms with Crippen molar-refractivity contribution in [2.45, 2.75) is 43.9 Å². The Balaban J connectivity index is 1.28. The van der Waals surface area contributed by atoms with Crippen LogP contribution in [0.15, 0.2) is 149 Å². The van der Waals surface area contributed by atoms with Crippen molar-refractivity contribution in [3.63, 3.8) is 0 Å². The first-order valence-corrected chi connectivity index (χ1v) is 19.9. The van der Waals surface area contributed by atoms with Crippen molar-refractivity contribution < 1.29 is 0 Å². The van der Waals surface area contributed by atoms with Gasteiger partial charge in [0.25, 0.3) is 0 Å². The van der Waals surface area contributed by atoms with Gasteiger partial charge in [0, 0.05) is 51.4 Å². The lowest BCUT2D eigenvalue weighted by Crippen LogP contribution is -2.10. The fraction of sp³-hybridized carbons (Fsp3) is 0.171. The Morgan fingerprint density at radius 3 is 1.48 bits per heavy atom. The predicted octanol–water partition coefficient (Wildman–Crippen LogP) is 10.4. The van der Waals surface area contributed by atoms with Gasteiger partial charge in [-0.25, -0.2) is 0 Å². The molecule has 3 aromatic heterocycles. The van der Waals surface area contributed by atoms with E-state index in [1.807, 2.05) is 11.3 Å². The Labute approximate surface area is 280 Å². The number of fused-ring (bicyclic) bond motifs is 9. The molecule has 6 aromatic rings. The number of hydrogen-bond acceptors (Lipinski definition) is 2. The number of aromatic nitrogens is 2. The van der Waals surface area contributed by atoms with Crippen LogP contribution in [0.3, 0.4) is 0 Å². The van der Waals surface area contributed by atoms with Crippen LogP contribution in [0.5, 0.6) is 0 Å². The minimum Gasteiger partial charge on any atom is -0.361 e. The second kappa shape index (κ2) is 11.4. The summed E-state index contributed by atoms with van der Waals surface area (Å²) in [5.74, 6) is 0.262. The quantitative estimate of drug-likeness (QED) is 0.184. The summed E-state index contributed by atoms with van der Waals surface area (Å²) in [5, 5.41) is 4.36. The number of benzene rings is 3. The Bertz CT molecular complexity index is 2030. The fourth-order valence-corrected chi connectivity index (χ4v) is 14.4. The van der Waals surface area contributed by atoms with E-state index in [2.05, 4.69) is 137 Å². The molecule has 3 aliphatic rings. The van der Waals surface area contributed by atoms with E-state index in [-0.39, 0.29) is 11.8 Å². The zero-order chi connectivity index (χ0) is 30.7. The highest BCUT2D eigenvalue weighted by molar-refractivity contribution is 8.22. The molecule has 2 N–H and O–H groups in total. The van der Waals surface area contributed by atoms with E-state index in [1.54, 1.807) is 11.1 Å². The van der Waals surface area contributed by atoms with E-state index in [9.17, 15) is 0 Å². The Hall–Kier alpha value is -3.95. The molecular formula is C41H35N2PS2. The Morgan fingerprint density at radius 2 is 1.00 bits per heavy atom. The number of hydrogen-bond donors (Lipinski definition) is 2. The van der Waals surface area contributed by atoms with Crippen LogP contribution < -0.4 is 5.30 Å². The molecule has 9 rings (SSSR count). The van der Waals surface area contributed by atoms with Crippen LogP contribution in [0.2, 0.25) is 0 Å². The summed E-state index contributed by atoms with van der Waals surface area (Å²) >= 11 is 8.96. The van der Waals surface area contributed by atoms with Crippen LogP contribution in [0, 0.1) is 0 Å². The minimum atomic E-state index is -2.18. The van der Waals surface area contributed by atoms with Gasteiger partial charge >= 0.3 is 0 Å². The van der Waals surface area contributed by atoms with Crippen LogP contribution >= 0.6 is 17.4 Å². The van der Waals surface area contributed by atoms with Crippen molar-refractivity contribution >= 4 is 34.5 Å². The monoisotopic (exact) mass is 650 g/mol. The fourth-order valence-electron chi connectivity index (χ4n) is 8.10. The molecule has 3 aromatic carbocycles. The van der Waals surface area contributed by atoms with Gasteiger partial charge in [-0.3, -0.25) is 0 Å². The van der Waals surface area contributed by atoms with Crippen molar-refractivity contribution in [3.8, 4) is 0 Å². The van der Waals surface area contributed by atoms with Gasteiger partial charge in [0.15, 0.2) is 0 Å². The summed E-state index contributed by atoms with van der Waals surface area (Å²) in [7, 11) is 0. The summed E-state index contributed by atoms with van der Waals surface area (Å²) in [5.41, 5.74) is 10.8. The Kier molecular flexibility index (Phi) is 7.00. The maximum absolute atomic E-state index is 7.03. The van der Waals surface area contributed by atoms with Crippen LogP contribution in [0.25, 0.3) is 0 Å². The molecule has 5 heteroatoms. The first-order chi connectivity index (χ1) is 22.7. The van der Waals surface area contributed by atoms with Gasteiger partial charge in [-0.2, -0.15) is 0 Å². The summed E-state index contributed by atoms with van der Waals surface area (Å²) in [6.07, 6.45) is 5.28. The van der Waals surface area contributed by atoms with Crippen molar-refractivity contribution in [2.75, 3.05) is 0 Å². The van der Waals surface area contributed by atoms with Crippen LogP contribution in [0.1, 0.15) is 74.8 Å². The summed E-state index contributed by atoms with van der Waals surface area (Å²) in [6.45, 7) is 0. The smallest absolute Gasteiger partial charge is 0.0584 e. The molecule has 5 heterocycles. The number of thiophene rings is 1. The van der Waals surface area contributed by atoms with E-state index < -0.39 is 6.04 Å². The van der Waals surface area contributed by atoms with Gasteiger partial charge in [-0.05, 0) is 93.9 Å². The zero-order valence-corrected chi connectivity index (χ0v) is 28.1. The molecule has 0 radical (unpaired) electrons. The first kappa shape index (κ1) is 28.3. The normalized spacial score (nSPS) is 22.3. The highest BCUT2D eigenvalue weighted by Gasteiger charge is 2.42. The van der Waals surface area contributed by atoms with Gasteiger partial charge in [-0.1, -0.05) is 103 Å². The standard InChI is InChI=1S/C41H35N2PS2/c45-44(31-15-8-3-9-16-31)36-25-29-19-21-34(42-29)40(27-11-4-1-5-12-27)38-23-24-39(46-38)41(28-13-6-2-7-14-28)35-22-20-30(43-35)26-37(44)33-18-10-17-32(33)36/h1-9,11-16,19-24,40-43H,10,17-18,25-26H2. The molecule has 2 unspecified atom stereocenters.